The molecule has 1 fully saturated rings. The molecule has 0 aromatic heterocycles. The van der Waals surface area contributed by atoms with Crippen LogP contribution in [0, 0.1) is 0 Å². The third-order valence-electron chi connectivity index (χ3n) is 2.43. The SMILES string of the molecule is O=CC1CCCCCCCC(=O)N1. The summed E-state index contributed by atoms with van der Waals surface area (Å²) in [4.78, 5) is 21.8. The molecule has 1 rings (SSSR count). The summed E-state index contributed by atoms with van der Waals surface area (Å²) in [5.41, 5.74) is 0. The molecule has 1 unspecified atom stereocenters. The van der Waals surface area contributed by atoms with E-state index in [4.69, 9.17) is 0 Å². The molecule has 1 aliphatic rings. The molecule has 1 heterocycles. The fourth-order valence-electron chi connectivity index (χ4n) is 1.63. The first-order chi connectivity index (χ1) is 6.33. The molecule has 74 valence electrons. The topological polar surface area (TPSA) is 46.2 Å². The first-order valence-electron chi connectivity index (χ1n) is 5.07. The van der Waals surface area contributed by atoms with Crippen molar-refractivity contribution in [1.29, 1.82) is 0 Å². The Morgan fingerprint density at radius 3 is 2.62 bits per heavy atom. The lowest BCUT2D eigenvalue weighted by Gasteiger charge is -2.14. The average molecular weight is 183 g/mol. The van der Waals surface area contributed by atoms with Gasteiger partial charge in [0.15, 0.2) is 0 Å². The number of hydrogen-bond donors (Lipinski definition) is 1. The minimum atomic E-state index is -0.245. The largest absolute Gasteiger partial charge is 0.347 e. The maximum Gasteiger partial charge on any atom is 0.220 e. The van der Waals surface area contributed by atoms with E-state index in [0.29, 0.717) is 6.42 Å². The van der Waals surface area contributed by atoms with Gasteiger partial charge in [-0.3, -0.25) is 4.79 Å². The Balaban J connectivity index is 2.38. The van der Waals surface area contributed by atoms with E-state index in [-0.39, 0.29) is 11.9 Å². The second-order valence-electron chi connectivity index (χ2n) is 3.62. The normalized spacial score (nSPS) is 26.2. The molecular formula is C10H17NO2. The summed E-state index contributed by atoms with van der Waals surface area (Å²) in [5.74, 6) is 0.0269. The molecule has 0 spiro atoms. The van der Waals surface area contributed by atoms with E-state index in [1.807, 2.05) is 0 Å². The summed E-state index contributed by atoms with van der Waals surface area (Å²) < 4.78 is 0. The third kappa shape index (κ3) is 4.06. The highest BCUT2D eigenvalue weighted by Crippen LogP contribution is 2.10. The van der Waals surface area contributed by atoms with Gasteiger partial charge in [-0.15, -0.1) is 0 Å². The van der Waals surface area contributed by atoms with Gasteiger partial charge in [0, 0.05) is 6.42 Å². The van der Waals surface area contributed by atoms with E-state index < -0.39 is 0 Å². The molecule has 1 aliphatic heterocycles. The fraction of sp³-hybridized carbons (Fsp3) is 0.800. The van der Waals surface area contributed by atoms with Crippen molar-refractivity contribution in [3.8, 4) is 0 Å². The molecule has 1 N–H and O–H groups in total. The zero-order chi connectivity index (χ0) is 9.52. The number of aldehydes is 1. The zero-order valence-electron chi connectivity index (χ0n) is 7.92. The molecule has 3 nitrogen and oxygen atoms in total. The van der Waals surface area contributed by atoms with Crippen molar-refractivity contribution in [3.05, 3.63) is 0 Å². The van der Waals surface area contributed by atoms with Crippen LogP contribution in [0.3, 0.4) is 0 Å². The maximum absolute atomic E-state index is 11.2. The molecule has 0 saturated carbocycles. The Bertz CT molecular complexity index is 180. The summed E-state index contributed by atoms with van der Waals surface area (Å²) in [6.45, 7) is 0. The summed E-state index contributed by atoms with van der Waals surface area (Å²) >= 11 is 0. The Kier molecular flexibility index (Phi) is 4.50. The lowest BCUT2D eigenvalue weighted by molar-refractivity contribution is -0.124. The molecule has 3 heteroatoms. The van der Waals surface area contributed by atoms with E-state index in [1.165, 1.54) is 12.8 Å². The number of amides is 1. The molecule has 0 aliphatic carbocycles. The number of nitrogens with one attached hydrogen (secondary N) is 1. The van der Waals surface area contributed by atoms with Crippen LogP contribution in [-0.2, 0) is 9.59 Å². The van der Waals surface area contributed by atoms with Crippen molar-refractivity contribution < 1.29 is 9.59 Å². The van der Waals surface area contributed by atoms with Crippen LogP contribution in [0.4, 0.5) is 0 Å². The van der Waals surface area contributed by atoms with E-state index in [0.717, 1.165) is 32.0 Å². The van der Waals surface area contributed by atoms with Gasteiger partial charge in [-0.25, -0.2) is 0 Å². The van der Waals surface area contributed by atoms with Crippen molar-refractivity contribution in [2.24, 2.45) is 0 Å². The van der Waals surface area contributed by atoms with E-state index in [9.17, 15) is 9.59 Å². The van der Waals surface area contributed by atoms with Crippen molar-refractivity contribution in [2.45, 2.75) is 51.0 Å². The first kappa shape index (κ1) is 10.2. The Morgan fingerprint density at radius 2 is 1.85 bits per heavy atom. The van der Waals surface area contributed by atoms with E-state index in [1.54, 1.807) is 0 Å². The van der Waals surface area contributed by atoms with Crippen molar-refractivity contribution >= 4 is 12.2 Å². The van der Waals surface area contributed by atoms with Gasteiger partial charge in [-0.05, 0) is 12.8 Å². The van der Waals surface area contributed by atoms with Crippen LogP contribution in [0.25, 0.3) is 0 Å². The minimum absolute atomic E-state index is 0.0269. The molecule has 0 aromatic carbocycles. The molecule has 0 bridgehead atoms. The van der Waals surface area contributed by atoms with Gasteiger partial charge in [0.2, 0.25) is 5.91 Å². The van der Waals surface area contributed by atoms with Crippen LogP contribution >= 0.6 is 0 Å². The lowest BCUT2D eigenvalue weighted by Crippen LogP contribution is -2.36. The number of carbonyl (C=O) groups is 2. The molecule has 13 heavy (non-hydrogen) atoms. The summed E-state index contributed by atoms with van der Waals surface area (Å²) in [6.07, 6.45) is 7.73. The highest BCUT2D eigenvalue weighted by Gasteiger charge is 2.11. The van der Waals surface area contributed by atoms with Gasteiger partial charge < -0.3 is 10.1 Å². The zero-order valence-corrected chi connectivity index (χ0v) is 7.92. The second kappa shape index (κ2) is 5.73. The second-order valence-corrected chi connectivity index (χ2v) is 3.62. The molecule has 0 radical (unpaired) electrons. The van der Waals surface area contributed by atoms with Gasteiger partial charge in [0.1, 0.15) is 6.29 Å². The fourth-order valence-corrected chi connectivity index (χ4v) is 1.63. The highest BCUT2D eigenvalue weighted by atomic mass is 16.2. The van der Waals surface area contributed by atoms with Crippen LogP contribution in [0.2, 0.25) is 0 Å². The van der Waals surface area contributed by atoms with Gasteiger partial charge in [0.05, 0.1) is 6.04 Å². The highest BCUT2D eigenvalue weighted by molar-refractivity contribution is 5.79. The van der Waals surface area contributed by atoms with Gasteiger partial charge >= 0.3 is 0 Å². The van der Waals surface area contributed by atoms with E-state index >= 15 is 0 Å². The smallest absolute Gasteiger partial charge is 0.220 e. The van der Waals surface area contributed by atoms with Crippen LogP contribution in [0.15, 0.2) is 0 Å². The van der Waals surface area contributed by atoms with Crippen molar-refractivity contribution in [1.82, 2.24) is 5.32 Å². The number of rotatable bonds is 1. The minimum Gasteiger partial charge on any atom is -0.347 e. The maximum atomic E-state index is 11.2. The third-order valence-corrected chi connectivity index (χ3v) is 2.43. The van der Waals surface area contributed by atoms with Crippen LogP contribution < -0.4 is 5.32 Å². The predicted molar refractivity (Wildman–Crippen MR) is 50.3 cm³/mol. The predicted octanol–water partition coefficient (Wildman–Crippen LogP) is 1.41. The number of carbonyl (C=O) groups excluding carboxylic acids is 2. The van der Waals surface area contributed by atoms with E-state index in [2.05, 4.69) is 5.32 Å². The summed E-state index contributed by atoms with van der Waals surface area (Å²) in [7, 11) is 0. The molecule has 1 atom stereocenters. The Labute approximate surface area is 78.9 Å². The van der Waals surface area contributed by atoms with Crippen LogP contribution in [0.5, 0.6) is 0 Å². The quantitative estimate of drug-likeness (QED) is 0.625. The molecule has 1 saturated heterocycles. The number of hydrogen-bond acceptors (Lipinski definition) is 2. The molecular weight excluding hydrogens is 166 g/mol. The average Bonchev–Trinajstić information content (AvgIpc) is 2.15. The van der Waals surface area contributed by atoms with Gasteiger partial charge in [-0.2, -0.15) is 0 Å². The summed E-state index contributed by atoms with van der Waals surface area (Å²) in [6, 6.07) is -0.245. The van der Waals surface area contributed by atoms with Crippen molar-refractivity contribution in [3.63, 3.8) is 0 Å². The standard InChI is InChI=1S/C10H17NO2/c12-8-9-6-4-2-1-3-5-7-10(13)11-9/h8-9H,1-7H2,(H,11,13). The Hall–Kier alpha value is -0.860. The molecule has 1 amide bonds. The van der Waals surface area contributed by atoms with Crippen LogP contribution in [-0.4, -0.2) is 18.2 Å². The monoisotopic (exact) mass is 183 g/mol. The van der Waals surface area contributed by atoms with Gasteiger partial charge in [0.25, 0.3) is 0 Å². The van der Waals surface area contributed by atoms with Crippen molar-refractivity contribution in [2.75, 3.05) is 0 Å². The van der Waals surface area contributed by atoms with Gasteiger partial charge in [-0.1, -0.05) is 25.7 Å². The lowest BCUT2D eigenvalue weighted by atomic mass is 10.0. The first-order valence-corrected chi connectivity index (χ1v) is 5.07. The summed E-state index contributed by atoms with van der Waals surface area (Å²) in [5, 5.41) is 2.73. The van der Waals surface area contributed by atoms with Crippen LogP contribution in [0.1, 0.15) is 44.9 Å². The Morgan fingerprint density at radius 1 is 1.15 bits per heavy atom. The molecule has 0 aromatic rings.